The summed E-state index contributed by atoms with van der Waals surface area (Å²) >= 11 is 0. The summed E-state index contributed by atoms with van der Waals surface area (Å²) in [5, 5.41) is 23.8. The lowest BCUT2D eigenvalue weighted by Crippen LogP contribution is -2.46. The molecule has 35 heavy (non-hydrogen) atoms. The summed E-state index contributed by atoms with van der Waals surface area (Å²) in [6.07, 6.45) is -0.607. The number of aliphatic carboxylic acids is 1. The number of benzene rings is 3. The molecule has 8 heteroatoms. The van der Waals surface area contributed by atoms with E-state index in [0.717, 1.165) is 29.2 Å². The molecule has 0 fully saturated rings. The summed E-state index contributed by atoms with van der Waals surface area (Å²) in [5.74, 6) is -2.03. The smallest absolute Gasteiger partial charge is 0.411 e. The van der Waals surface area contributed by atoms with E-state index in [1.54, 1.807) is 19.1 Å². The lowest BCUT2D eigenvalue weighted by atomic mass is 9.98. The summed E-state index contributed by atoms with van der Waals surface area (Å²) < 4.78 is 5.56. The second-order valence-electron chi connectivity index (χ2n) is 8.74. The molecule has 1 aliphatic carbocycles. The summed E-state index contributed by atoms with van der Waals surface area (Å²) in [7, 11) is 0. The Morgan fingerprint density at radius 2 is 1.57 bits per heavy atom. The van der Waals surface area contributed by atoms with Crippen molar-refractivity contribution in [2.45, 2.75) is 25.4 Å². The lowest BCUT2D eigenvalue weighted by Gasteiger charge is -2.18. The fourth-order valence-corrected chi connectivity index (χ4v) is 4.12. The van der Waals surface area contributed by atoms with Crippen molar-refractivity contribution in [2.75, 3.05) is 18.5 Å². The Morgan fingerprint density at radius 1 is 0.971 bits per heavy atom. The summed E-state index contributed by atoms with van der Waals surface area (Å²) in [4.78, 5) is 35.8. The predicted octanol–water partition coefficient (Wildman–Crippen LogP) is 3.92. The molecule has 1 atom stereocenters. The number of ether oxygens (including phenoxy) is 1. The molecule has 4 rings (SSSR count). The SMILES string of the molecule is Cc1cc(C(=O)NCC(C)(O)C(=O)O)ccc1NC(=O)OCC1c2ccccc2-c2ccccc21. The quantitative estimate of drug-likeness (QED) is 0.411. The molecule has 0 aromatic heterocycles. The van der Waals surface area contributed by atoms with Crippen LogP contribution in [0.25, 0.3) is 11.1 Å². The van der Waals surface area contributed by atoms with Crippen LogP contribution in [0.2, 0.25) is 0 Å². The van der Waals surface area contributed by atoms with Crippen molar-refractivity contribution in [1.29, 1.82) is 0 Å². The van der Waals surface area contributed by atoms with Gasteiger partial charge >= 0.3 is 12.1 Å². The number of amides is 2. The highest BCUT2D eigenvalue weighted by molar-refractivity contribution is 5.96. The maximum absolute atomic E-state index is 12.5. The van der Waals surface area contributed by atoms with E-state index in [-0.39, 0.29) is 18.1 Å². The summed E-state index contributed by atoms with van der Waals surface area (Å²) in [5.41, 5.74) is 3.83. The van der Waals surface area contributed by atoms with Crippen molar-refractivity contribution in [3.05, 3.63) is 89.0 Å². The van der Waals surface area contributed by atoms with Gasteiger partial charge in [0, 0.05) is 17.2 Å². The van der Waals surface area contributed by atoms with Crippen molar-refractivity contribution in [3.63, 3.8) is 0 Å². The maximum Gasteiger partial charge on any atom is 0.411 e. The molecular weight excluding hydrogens is 448 g/mol. The zero-order valence-corrected chi connectivity index (χ0v) is 19.4. The number of hydrogen-bond acceptors (Lipinski definition) is 5. The van der Waals surface area contributed by atoms with E-state index in [9.17, 15) is 19.5 Å². The molecule has 1 aliphatic rings. The Bertz CT molecular complexity index is 1250. The minimum atomic E-state index is -2.07. The third-order valence-electron chi connectivity index (χ3n) is 6.12. The molecule has 3 aromatic rings. The molecule has 1 unspecified atom stereocenters. The third-order valence-corrected chi connectivity index (χ3v) is 6.12. The second kappa shape index (κ2) is 9.60. The Labute approximate surface area is 202 Å². The minimum Gasteiger partial charge on any atom is -0.479 e. The third kappa shape index (κ3) is 5.02. The van der Waals surface area contributed by atoms with Crippen LogP contribution in [0.4, 0.5) is 10.5 Å². The van der Waals surface area contributed by atoms with E-state index >= 15 is 0 Å². The van der Waals surface area contributed by atoms with Crippen LogP contribution in [0.1, 0.15) is 39.9 Å². The Hall–Kier alpha value is -4.17. The van der Waals surface area contributed by atoms with Crippen LogP contribution in [0.15, 0.2) is 66.7 Å². The van der Waals surface area contributed by atoms with Gasteiger partial charge in [-0.15, -0.1) is 0 Å². The number of nitrogens with one attached hydrogen (secondary N) is 2. The van der Waals surface area contributed by atoms with Gasteiger partial charge in [0.1, 0.15) is 6.61 Å². The monoisotopic (exact) mass is 474 g/mol. The molecule has 3 aromatic carbocycles. The number of carbonyl (C=O) groups is 3. The standard InChI is InChI=1S/C27H26N2O6/c1-16-13-17(24(30)28-15-27(2,34)25(31)32)11-12-23(16)29-26(33)35-14-22-20-9-5-3-7-18(20)19-8-4-6-10-21(19)22/h3-13,22,34H,14-15H2,1-2H3,(H,28,30)(H,29,33)(H,31,32). The zero-order valence-electron chi connectivity index (χ0n) is 19.4. The van der Waals surface area contributed by atoms with E-state index in [2.05, 4.69) is 22.8 Å². The summed E-state index contributed by atoms with van der Waals surface area (Å²) in [6, 6.07) is 20.8. The average Bonchev–Trinajstić information content (AvgIpc) is 3.16. The van der Waals surface area contributed by atoms with E-state index in [1.165, 1.54) is 6.07 Å². The predicted molar refractivity (Wildman–Crippen MR) is 130 cm³/mol. The van der Waals surface area contributed by atoms with Gasteiger partial charge in [-0.2, -0.15) is 0 Å². The molecule has 8 nitrogen and oxygen atoms in total. The van der Waals surface area contributed by atoms with Gasteiger partial charge < -0.3 is 20.3 Å². The van der Waals surface area contributed by atoms with E-state index < -0.39 is 30.1 Å². The van der Waals surface area contributed by atoms with Crippen LogP contribution in [-0.4, -0.2) is 46.9 Å². The van der Waals surface area contributed by atoms with Gasteiger partial charge in [-0.1, -0.05) is 48.5 Å². The number of aryl methyl sites for hydroxylation is 1. The van der Waals surface area contributed by atoms with Gasteiger partial charge in [0.05, 0.1) is 6.54 Å². The molecule has 0 bridgehead atoms. The number of carboxylic acids is 1. The largest absolute Gasteiger partial charge is 0.479 e. The highest BCUT2D eigenvalue weighted by Gasteiger charge is 2.31. The number of aliphatic hydroxyl groups is 1. The van der Waals surface area contributed by atoms with Gasteiger partial charge in [-0.25, -0.2) is 9.59 Å². The molecule has 180 valence electrons. The first-order valence-electron chi connectivity index (χ1n) is 11.1. The molecule has 0 saturated carbocycles. The minimum absolute atomic E-state index is 0.0525. The zero-order chi connectivity index (χ0) is 25.2. The molecule has 0 aliphatic heterocycles. The van der Waals surface area contributed by atoms with Crippen molar-refractivity contribution in [1.82, 2.24) is 5.32 Å². The van der Waals surface area contributed by atoms with Crippen molar-refractivity contribution >= 4 is 23.7 Å². The molecule has 0 heterocycles. The molecule has 4 N–H and O–H groups in total. The number of carbonyl (C=O) groups excluding carboxylic acids is 2. The van der Waals surface area contributed by atoms with Crippen molar-refractivity contribution in [3.8, 4) is 11.1 Å². The Kier molecular flexibility index (Phi) is 6.57. The first-order valence-corrected chi connectivity index (χ1v) is 11.1. The van der Waals surface area contributed by atoms with E-state index in [1.807, 2.05) is 36.4 Å². The fourth-order valence-electron chi connectivity index (χ4n) is 4.12. The maximum atomic E-state index is 12.5. The van der Waals surface area contributed by atoms with Gasteiger partial charge in [0.2, 0.25) is 0 Å². The second-order valence-corrected chi connectivity index (χ2v) is 8.74. The van der Waals surface area contributed by atoms with Gasteiger partial charge in [0.15, 0.2) is 5.60 Å². The first-order chi connectivity index (χ1) is 16.7. The van der Waals surface area contributed by atoms with Gasteiger partial charge in [-0.3, -0.25) is 10.1 Å². The lowest BCUT2D eigenvalue weighted by molar-refractivity contribution is -0.155. The van der Waals surface area contributed by atoms with Gasteiger partial charge in [-0.05, 0) is 59.9 Å². The topological polar surface area (TPSA) is 125 Å². The van der Waals surface area contributed by atoms with E-state index in [0.29, 0.717) is 11.3 Å². The molecule has 0 radical (unpaired) electrons. The van der Waals surface area contributed by atoms with Crippen LogP contribution in [0.5, 0.6) is 0 Å². The van der Waals surface area contributed by atoms with Gasteiger partial charge in [0.25, 0.3) is 5.91 Å². The normalized spacial score (nSPS) is 13.8. The van der Waals surface area contributed by atoms with Crippen LogP contribution >= 0.6 is 0 Å². The summed E-state index contributed by atoms with van der Waals surface area (Å²) in [6.45, 7) is 2.56. The number of anilines is 1. The van der Waals surface area contributed by atoms with Crippen LogP contribution in [0.3, 0.4) is 0 Å². The molecule has 0 spiro atoms. The van der Waals surface area contributed by atoms with Crippen molar-refractivity contribution < 1.29 is 29.3 Å². The fraction of sp³-hybridized carbons (Fsp3) is 0.222. The highest BCUT2D eigenvalue weighted by Crippen LogP contribution is 2.44. The molecular formula is C27H26N2O6. The number of hydrogen-bond donors (Lipinski definition) is 4. The average molecular weight is 475 g/mol. The van der Waals surface area contributed by atoms with Crippen LogP contribution < -0.4 is 10.6 Å². The Balaban J connectivity index is 1.38. The first kappa shape index (κ1) is 24.0. The number of fused-ring (bicyclic) bond motifs is 3. The molecule has 0 saturated heterocycles. The van der Waals surface area contributed by atoms with Crippen molar-refractivity contribution in [2.24, 2.45) is 0 Å². The molecule has 2 amide bonds. The van der Waals surface area contributed by atoms with Crippen LogP contribution in [0, 0.1) is 6.92 Å². The Morgan fingerprint density at radius 3 is 2.14 bits per heavy atom. The number of carboxylic acid groups (broad SMARTS) is 1. The number of rotatable bonds is 7. The van der Waals surface area contributed by atoms with E-state index in [4.69, 9.17) is 9.84 Å². The van der Waals surface area contributed by atoms with Crippen LogP contribution in [-0.2, 0) is 9.53 Å². The highest BCUT2D eigenvalue weighted by atomic mass is 16.5.